The van der Waals surface area contributed by atoms with Gasteiger partial charge in [0.25, 0.3) is 0 Å². The normalized spacial score (nSPS) is 10.5. The minimum atomic E-state index is -0.141. The number of nitrogens with one attached hydrogen (secondary N) is 2. The molecule has 0 aliphatic heterocycles. The van der Waals surface area contributed by atoms with E-state index in [0.717, 1.165) is 27.8 Å². The number of nitrogens with zero attached hydrogens (tertiary/aromatic N) is 3. The number of hydrogen-bond donors (Lipinski definition) is 3. The average Bonchev–Trinajstić information content (AvgIpc) is 3.15. The maximum absolute atomic E-state index is 12.4. The fourth-order valence-electron chi connectivity index (χ4n) is 2.58. The van der Waals surface area contributed by atoms with Gasteiger partial charge in [-0.05, 0) is 36.4 Å². The maximum atomic E-state index is 12.4. The number of anilines is 2. The van der Waals surface area contributed by atoms with Gasteiger partial charge in [0.15, 0.2) is 5.82 Å². The van der Waals surface area contributed by atoms with Crippen LogP contribution in [-0.4, -0.2) is 39.4 Å². The molecule has 1 heterocycles. The number of nitrogen functional groups attached to an aromatic ring is 1. The highest BCUT2D eigenvalue weighted by atomic mass is 32.2. The van der Waals surface area contributed by atoms with E-state index in [1.165, 1.54) is 16.4 Å². The van der Waals surface area contributed by atoms with Crippen LogP contribution in [0.25, 0.3) is 0 Å². The summed E-state index contributed by atoms with van der Waals surface area (Å²) in [6.07, 6.45) is 1.83. The van der Waals surface area contributed by atoms with Crippen molar-refractivity contribution in [1.82, 2.24) is 14.9 Å². The van der Waals surface area contributed by atoms with Gasteiger partial charge < -0.3 is 21.2 Å². The topological polar surface area (TPSA) is 107 Å². The molecule has 2 aromatic carbocycles. The van der Waals surface area contributed by atoms with Gasteiger partial charge in [0, 0.05) is 16.3 Å². The molecule has 4 N–H and O–H groups in total. The van der Waals surface area contributed by atoms with Crippen molar-refractivity contribution in [3.63, 3.8) is 0 Å². The Kier molecular flexibility index (Phi) is 8.25. The van der Waals surface area contributed by atoms with Crippen LogP contribution < -0.4 is 21.2 Å². The number of hydrogen-bond acceptors (Lipinski definition) is 8. The number of thioether (sulfide) groups is 2. The van der Waals surface area contributed by atoms with Crippen LogP contribution in [0.3, 0.4) is 0 Å². The summed E-state index contributed by atoms with van der Waals surface area (Å²) in [5.41, 5.74) is 1.68. The van der Waals surface area contributed by atoms with Gasteiger partial charge in [-0.2, -0.15) is 0 Å². The molecule has 3 aromatic rings. The van der Waals surface area contributed by atoms with Crippen LogP contribution in [0.15, 0.2) is 71.2 Å². The van der Waals surface area contributed by atoms with Crippen LogP contribution in [0.4, 0.5) is 11.4 Å². The molecule has 10 heteroatoms. The largest absolute Gasteiger partial charge is 0.497 e. The molecule has 31 heavy (non-hydrogen) atoms. The number of ether oxygens (including phenoxy) is 1. The first kappa shape index (κ1) is 22.6. The highest BCUT2D eigenvalue weighted by molar-refractivity contribution is 8.00. The molecule has 0 aliphatic carbocycles. The number of para-hydroxylation sites is 1. The van der Waals surface area contributed by atoms with Crippen LogP contribution in [0.2, 0.25) is 0 Å². The molecule has 0 bridgehead atoms. The van der Waals surface area contributed by atoms with E-state index >= 15 is 0 Å². The van der Waals surface area contributed by atoms with Crippen LogP contribution >= 0.6 is 23.5 Å². The number of nitrogens with two attached hydrogens (primary N) is 1. The third-order valence-corrected chi connectivity index (χ3v) is 6.14. The Morgan fingerprint density at radius 2 is 1.97 bits per heavy atom. The molecule has 0 atom stereocenters. The first-order valence-electron chi connectivity index (χ1n) is 9.43. The van der Waals surface area contributed by atoms with E-state index < -0.39 is 0 Å². The van der Waals surface area contributed by atoms with Crippen molar-refractivity contribution in [2.24, 2.45) is 0 Å². The molecule has 0 saturated heterocycles. The molecule has 0 unspecified atom stereocenters. The van der Waals surface area contributed by atoms with Gasteiger partial charge in [-0.25, -0.2) is 4.68 Å². The summed E-state index contributed by atoms with van der Waals surface area (Å²) in [7, 11) is 1.62. The Morgan fingerprint density at radius 1 is 1.19 bits per heavy atom. The van der Waals surface area contributed by atoms with Crippen molar-refractivity contribution in [2.75, 3.05) is 35.1 Å². The summed E-state index contributed by atoms with van der Waals surface area (Å²) in [6.45, 7) is 4.13. The number of benzene rings is 2. The Bertz CT molecular complexity index is 1020. The predicted molar refractivity (Wildman–Crippen MR) is 127 cm³/mol. The molecule has 162 valence electrons. The summed E-state index contributed by atoms with van der Waals surface area (Å²) < 4.78 is 6.54. The van der Waals surface area contributed by atoms with E-state index in [-0.39, 0.29) is 11.7 Å². The maximum Gasteiger partial charge on any atom is 0.234 e. The second-order valence-electron chi connectivity index (χ2n) is 6.28. The molecule has 0 fully saturated rings. The fraction of sp³-hybridized carbons (Fsp3) is 0.190. The highest BCUT2D eigenvalue weighted by Crippen LogP contribution is 2.27. The zero-order chi connectivity index (χ0) is 22.1. The summed E-state index contributed by atoms with van der Waals surface area (Å²) in [5.74, 6) is 8.24. The summed E-state index contributed by atoms with van der Waals surface area (Å²) in [5, 5.41) is 14.8. The number of aromatic nitrogens is 3. The molecule has 1 aromatic heterocycles. The van der Waals surface area contributed by atoms with E-state index in [0.29, 0.717) is 17.5 Å². The van der Waals surface area contributed by atoms with Gasteiger partial charge in [0.1, 0.15) is 5.75 Å². The zero-order valence-corrected chi connectivity index (χ0v) is 18.7. The molecular weight excluding hydrogens is 432 g/mol. The Hall–Kier alpha value is -3.11. The van der Waals surface area contributed by atoms with Gasteiger partial charge >= 0.3 is 0 Å². The first-order chi connectivity index (χ1) is 15.1. The van der Waals surface area contributed by atoms with Crippen molar-refractivity contribution in [3.05, 3.63) is 67.0 Å². The standard InChI is InChI=1S/C21H24N6O2S2/c1-3-12-30-18-7-5-4-6-17(18)24-20(28)14-31-21-26-25-19(27(21)22)13-23-15-8-10-16(29-2)11-9-15/h3-11,23H,1,12-14,22H2,2H3,(H,24,28). The lowest BCUT2D eigenvalue weighted by molar-refractivity contribution is -0.113. The molecule has 3 rings (SSSR count). The quantitative estimate of drug-likeness (QED) is 0.228. The minimum Gasteiger partial charge on any atom is -0.497 e. The van der Waals surface area contributed by atoms with E-state index in [9.17, 15) is 4.79 Å². The number of carbonyl (C=O) groups is 1. The minimum absolute atomic E-state index is 0.141. The van der Waals surface area contributed by atoms with Crippen LogP contribution in [0.1, 0.15) is 5.82 Å². The molecule has 0 aliphatic rings. The number of methoxy groups -OCH3 is 1. The molecule has 8 nitrogen and oxygen atoms in total. The highest BCUT2D eigenvalue weighted by Gasteiger charge is 2.13. The van der Waals surface area contributed by atoms with Crippen molar-refractivity contribution >= 4 is 40.8 Å². The smallest absolute Gasteiger partial charge is 0.234 e. The predicted octanol–water partition coefficient (Wildman–Crippen LogP) is 3.62. The first-order valence-corrected chi connectivity index (χ1v) is 11.4. The van der Waals surface area contributed by atoms with Crippen LogP contribution in [0.5, 0.6) is 5.75 Å². The van der Waals surface area contributed by atoms with E-state index in [4.69, 9.17) is 10.6 Å². The molecule has 0 saturated carbocycles. The lowest BCUT2D eigenvalue weighted by Gasteiger charge is -2.10. The Balaban J connectivity index is 1.52. The van der Waals surface area contributed by atoms with Gasteiger partial charge in [0.2, 0.25) is 11.1 Å². The van der Waals surface area contributed by atoms with Gasteiger partial charge in [-0.15, -0.1) is 28.5 Å². The van der Waals surface area contributed by atoms with Gasteiger partial charge in [0.05, 0.1) is 25.1 Å². The number of rotatable bonds is 11. The SMILES string of the molecule is C=CCSc1ccccc1NC(=O)CSc1nnc(CNc2ccc(OC)cc2)n1N. The Morgan fingerprint density at radius 3 is 2.71 bits per heavy atom. The number of amides is 1. The third-order valence-electron chi connectivity index (χ3n) is 4.13. The third kappa shape index (κ3) is 6.43. The van der Waals surface area contributed by atoms with Gasteiger partial charge in [-0.1, -0.05) is 30.0 Å². The molecule has 0 radical (unpaired) electrons. The van der Waals surface area contributed by atoms with Crippen molar-refractivity contribution < 1.29 is 9.53 Å². The lowest BCUT2D eigenvalue weighted by Crippen LogP contribution is -2.18. The summed E-state index contributed by atoms with van der Waals surface area (Å²) in [4.78, 5) is 13.4. The van der Waals surface area contributed by atoms with Crippen LogP contribution in [0, 0.1) is 0 Å². The van der Waals surface area contributed by atoms with Crippen LogP contribution in [-0.2, 0) is 11.3 Å². The lowest BCUT2D eigenvalue weighted by atomic mass is 10.3. The van der Waals surface area contributed by atoms with E-state index in [1.54, 1.807) is 18.9 Å². The van der Waals surface area contributed by atoms with E-state index in [2.05, 4.69) is 27.4 Å². The molecular formula is C21H24N6O2S2. The average molecular weight is 457 g/mol. The molecule has 1 amide bonds. The number of carbonyl (C=O) groups excluding carboxylic acids is 1. The van der Waals surface area contributed by atoms with E-state index in [1.807, 2.05) is 54.6 Å². The zero-order valence-electron chi connectivity index (χ0n) is 17.1. The van der Waals surface area contributed by atoms with Gasteiger partial charge in [-0.3, -0.25) is 4.79 Å². The second kappa shape index (κ2) is 11.3. The fourth-order valence-corrected chi connectivity index (χ4v) is 4.00. The van der Waals surface area contributed by atoms with Crippen molar-refractivity contribution in [2.45, 2.75) is 16.6 Å². The second-order valence-corrected chi connectivity index (χ2v) is 8.29. The Labute approximate surface area is 189 Å². The molecule has 0 spiro atoms. The monoisotopic (exact) mass is 456 g/mol. The van der Waals surface area contributed by atoms with Crippen molar-refractivity contribution in [1.29, 1.82) is 0 Å². The summed E-state index contributed by atoms with van der Waals surface area (Å²) >= 11 is 2.85. The van der Waals surface area contributed by atoms with Crippen molar-refractivity contribution in [3.8, 4) is 5.75 Å². The summed E-state index contributed by atoms with van der Waals surface area (Å²) in [6, 6.07) is 15.2.